The van der Waals surface area contributed by atoms with E-state index in [2.05, 4.69) is 27.8 Å². The molecule has 0 fully saturated rings. The third-order valence-corrected chi connectivity index (χ3v) is 5.69. The van der Waals surface area contributed by atoms with Gasteiger partial charge in [-0.25, -0.2) is 4.99 Å². The van der Waals surface area contributed by atoms with Crippen molar-refractivity contribution in [2.75, 3.05) is 27.3 Å². The van der Waals surface area contributed by atoms with E-state index in [1.54, 1.807) is 25.6 Å². The molecule has 0 saturated carbocycles. The number of nitrogens with zero attached hydrogens (tertiary/aromatic N) is 1. The van der Waals surface area contributed by atoms with Crippen LogP contribution in [-0.4, -0.2) is 38.4 Å². The van der Waals surface area contributed by atoms with Gasteiger partial charge in [0, 0.05) is 28.2 Å². The van der Waals surface area contributed by atoms with Crippen LogP contribution in [0.15, 0.2) is 53.5 Å². The molecule has 1 atom stereocenters. The number of rotatable bonds is 8. The van der Waals surface area contributed by atoms with Crippen molar-refractivity contribution in [1.82, 2.24) is 10.6 Å². The van der Waals surface area contributed by atoms with Crippen LogP contribution < -0.4 is 20.1 Å². The predicted octanol–water partition coefficient (Wildman–Crippen LogP) is 4.33. The fraction of sp³-hybridized carbons (Fsp3) is 0.318. The van der Waals surface area contributed by atoms with Crippen LogP contribution in [0.2, 0.25) is 0 Å². The fourth-order valence-corrected chi connectivity index (χ4v) is 4.10. The van der Waals surface area contributed by atoms with E-state index in [-0.39, 0.29) is 24.0 Å². The molecule has 2 aromatic carbocycles. The number of fused-ring (bicyclic) bond motifs is 1. The summed E-state index contributed by atoms with van der Waals surface area (Å²) in [5.74, 6) is 2.00. The summed E-state index contributed by atoms with van der Waals surface area (Å²) in [4.78, 5) is 5.56. The quantitative estimate of drug-likeness (QED) is 0.225. The van der Waals surface area contributed by atoms with Crippen LogP contribution in [0.1, 0.15) is 23.5 Å². The van der Waals surface area contributed by atoms with Crippen molar-refractivity contribution < 1.29 is 14.6 Å². The second kappa shape index (κ2) is 12.0. The third kappa shape index (κ3) is 5.99. The summed E-state index contributed by atoms with van der Waals surface area (Å²) < 4.78 is 12.0. The summed E-state index contributed by atoms with van der Waals surface area (Å²) in [7, 11) is 3.24. The van der Waals surface area contributed by atoms with Crippen LogP contribution in [0.4, 0.5) is 0 Å². The average molecular weight is 541 g/mol. The molecule has 0 radical (unpaired) electrons. The number of aliphatic imine (C=N–C) groups is 1. The van der Waals surface area contributed by atoms with E-state index in [1.807, 2.05) is 43.3 Å². The number of halogens is 1. The van der Waals surface area contributed by atoms with Crippen molar-refractivity contribution in [3.05, 3.63) is 59.0 Å². The molecule has 1 aromatic heterocycles. The number of nitrogens with one attached hydrogen (secondary N) is 2. The highest BCUT2D eigenvalue weighted by Crippen LogP contribution is 2.31. The number of ether oxygens (including phenoxy) is 2. The molecule has 1 unspecified atom stereocenters. The lowest BCUT2D eigenvalue weighted by Crippen LogP contribution is -2.39. The maximum atomic E-state index is 10.6. The molecule has 0 aliphatic rings. The zero-order valence-corrected chi connectivity index (χ0v) is 20.5. The molecule has 0 amide bonds. The summed E-state index contributed by atoms with van der Waals surface area (Å²) in [6.07, 6.45) is -0.609. The number of hydrogen-bond donors (Lipinski definition) is 3. The molecular formula is C22H28IN3O3S. The van der Waals surface area contributed by atoms with Gasteiger partial charge in [-0.1, -0.05) is 30.3 Å². The lowest BCUT2D eigenvalue weighted by molar-refractivity contribution is 0.184. The number of hydrogen-bond acceptors (Lipinski definition) is 5. The SMILES string of the molecule is CCNC(=NCc1cccc(OC)c1OC)NCC(O)c1cc2ccccc2s1.I. The Hall–Kier alpha value is -2.04. The minimum absolute atomic E-state index is 0. The van der Waals surface area contributed by atoms with Gasteiger partial charge in [-0.2, -0.15) is 0 Å². The Kier molecular flexibility index (Phi) is 9.67. The molecule has 0 aliphatic heterocycles. The molecule has 8 heteroatoms. The average Bonchev–Trinajstić information content (AvgIpc) is 3.19. The third-order valence-electron chi connectivity index (χ3n) is 4.47. The van der Waals surface area contributed by atoms with E-state index in [0.29, 0.717) is 30.5 Å². The Morgan fingerprint density at radius 3 is 2.60 bits per heavy atom. The number of benzene rings is 2. The van der Waals surface area contributed by atoms with Crippen LogP contribution in [-0.2, 0) is 6.54 Å². The fourth-order valence-electron chi connectivity index (χ4n) is 3.04. The lowest BCUT2D eigenvalue weighted by Gasteiger charge is -2.15. The highest BCUT2D eigenvalue weighted by Gasteiger charge is 2.13. The van der Waals surface area contributed by atoms with E-state index in [1.165, 1.54) is 4.70 Å². The van der Waals surface area contributed by atoms with E-state index in [0.717, 1.165) is 22.4 Å². The lowest BCUT2D eigenvalue weighted by atomic mass is 10.2. The number of guanidine groups is 1. The first-order chi connectivity index (χ1) is 14.2. The van der Waals surface area contributed by atoms with Crippen LogP contribution >= 0.6 is 35.3 Å². The second-order valence-corrected chi connectivity index (χ2v) is 7.55. The van der Waals surface area contributed by atoms with E-state index < -0.39 is 6.10 Å². The van der Waals surface area contributed by atoms with Gasteiger partial charge in [0.1, 0.15) is 6.10 Å². The molecule has 0 aliphatic carbocycles. The Bertz CT molecular complexity index is 944. The number of aliphatic hydroxyl groups is 1. The van der Waals surface area contributed by atoms with Gasteiger partial charge in [-0.05, 0) is 30.5 Å². The summed E-state index contributed by atoms with van der Waals surface area (Å²) in [5.41, 5.74) is 0.925. The van der Waals surface area contributed by atoms with E-state index in [4.69, 9.17) is 9.47 Å². The number of methoxy groups -OCH3 is 2. The van der Waals surface area contributed by atoms with Crippen LogP contribution in [0, 0.1) is 0 Å². The van der Waals surface area contributed by atoms with E-state index in [9.17, 15) is 5.11 Å². The van der Waals surface area contributed by atoms with Crippen molar-refractivity contribution in [3.63, 3.8) is 0 Å². The molecule has 0 saturated heterocycles. The number of aliphatic hydroxyl groups excluding tert-OH is 1. The van der Waals surface area contributed by atoms with Gasteiger partial charge in [0.15, 0.2) is 17.5 Å². The smallest absolute Gasteiger partial charge is 0.191 e. The maximum Gasteiger partial charge on any atom is 0.191 e. The molecule has 0 bridgehead atoms. The van der Waals surface area contributed by atoms with E-state index >= 15 is 0 Å². The zero-order chi connectivity index (χ0) is 20.6. The van der Waals surface area contributed by atoms with Gasteiger partial charge in [0.05, 0.1) is 20.8 Å². The molecule has 1 heterocycles. The van der Waals surface area contributed by atoms with Gasteiger partial charge in [-0.15, -0.1) is 35.3 Å². The van der Waals surface area contributed by atoms with Crippen molar-refractivity contribution in [2.45, 2.75) is 19.6 Å². The summed E-state index contributed by atoms with van der Waals surface area (Å²) in [6, 6.07) is 15.9. The first-order valence-electron chi connectivity index (χ1n) is 9.54. The zero-order valence-electron chi connectivity index (χ0n) is 17.3. The predicted molar refractivity (Wildman–Crippen MR) is 135 cm³/mol. The summed E-state index contributed by atoms with van der Waals surface area (Å²) in [6.45, 7) is 3.52. The Morgan fingerprint density at radius 1 is 1.10 bits per heavy atom. The summed E-state index contributed by atoms with van der Waals surface area (Å²) >= 11 is 1.61. The molecule has 0 spiro atoms. The van der Waals surface area contributed by atoms with Gasteiger partial charge >= 0.3 is 0 Å². The maximum absolute atomic E-state index is 10.6. The van der Waals surface area contributed by atoms with Crippen molar-refractivity contribution in [2.24, 2.45) is 4.99 Å². The number of thiophene rings is 1. The molecule has 6 nitrogen and oxygen atoms in total. The van der Waals surface area contributed by atoms with Gasteiger partial charge in [0.2, 0.25) is 0 Å². The van der Waals surface area contributed by atoms with Crippen LogP contribution in [0.25, 0.3) is 10.1 Å². The molecule has 162 valence electrons. The highest BCUT2D eigenvalue weighted by atomic mass is 127. The Labute approximate surface area is 198 Å². The second-order valence-electron chi connectivity index (χ2n) is 6.43. The first-order valence-corrected chi connectivity index (χ1v) is 10.4. The Balaban J connectivity index is 0.00000320. The van der Waals surface area contributed by atoms with Crippen molar-refractivity contribution >= 4 is 51.4 Å². The molecular weight excluding hydrogens is 513 g/mol. The molecule has 3 aromatic rings. The van der Waals surface area contributed by atoms with Crippen molar-refractivity contribution in [3.8, 4) is 11.5 Å². The minimum Gasteiger partial charge on any atom is -0.493 e. The normalized spacial score (nSPS) is 12.2. The van der Waals surface area contributed by atoms with Crippen LogP contribution in [0.3, 0.4) is 0 Å². The number of para-hydroxylation sites is 1. The topological polar surface area (TPSA) is 75.1 Å². The van der Waals surface area contributed by atoms with Crippen molar-refractivity contribution in [1.29, 1.82) is 0 Å². The molecule has 3 N–H and O–H groups in total. The monoisotopic (exact) mass is 541 g/mol. The van der Waals surface area contributed by atoms with Gasteiger partial charge in [0.25, 0.3) is 0 Å². The molecule has 3 rings (SSSR count). The Morgan fingerprint density at radius 2 is 1.90 bits per heavy atom. The largest absolute Gasteiger partial charge is 0.493 e. The first kappa shape index (κ1) is 24.2. The standard InChI is InChI=1S/C22H27N3O3S.HI/c1-4-23-22(24-13-16-9-7-10-18(27-2)21(16)28-3)25-14-17(26)20-12-15-8-5-6-11-19(15)29-20;/h5-12,17,26H,4,13-14H2,1-3H3,(H2,23,24,25);1H. The molecule has 30 heavy (non-hydrogen) atoms. The van der Waals surface area contributed by atoms with Gasteiger partial charge < -0.3 is 25.2 Å². The van der Waals surface area contributed by atoms with Gasteiger partial charge in [-0.3, -0.25) is 0 Å². The summed E-state index contributed by atoms with van der Waals surface area (Å²) in [5, 5.41) is 18.2. The minimum atomic E-state index is -0.609. The van der Waals surface area contributed by atoms with Crippen LogP contribution in [0.5, 0.6) is 11.5 Å². The highest BCUT2D eigenvalue weighted by molar-refractivity contribution is 14.0.